The van der Waals surface area contributed by atoms with Crippen molar-refractivity contribution < 1.29 is 14.7 Å². The first-order valence-electron chi connectivity index (χ1n) is 7.14. The van der Waals surface area contributed by atoms with Gasteiger partial charge < -0.3 is 10.0 Å². The lowest BCUT2D eigenvalue weighted by atomic mass is 9.99. The highest BCUT2D eigenvalue weighted by atomic mass is 16.4. The van der Waals surface area contributed by atoms with E-state index in [0.717, 1.165) is 12.8 Å². The van der Waals surface area contributed by atoms with Crippen LogP contribution in [0.25, 0.3) is 0 Å². The van der Waals surface area contributed by atoms with Crippen LogP contribution in [0.4, 0.5) is 0 Å². The molecule has 4 heteroatoms. The number of benzene rings is 1. The molecule has 1 aromatic rings. The van der Waals surface area contributed by atoms with E-state index in [9.17, 15) is 14.7 Å². The molecule has 20 heavy (non-hydrogen) atoms. The topological polar surface area (TPSA) is 57.6 Å². The predicted octanol–water partition coefficient (Wildman–Crippen LogP) is 2.89. The first-order chi connectivity index (χ1) is 9.50. The molecular weight excluding hydrogens is 254 g/mol. The lowest BCUT2D eigenvalue weighted by Crippen LogP contribution is -2.47. The average Bonchev–Trinajstić information content (AvgIpc) is 2.46. The second-order valence-corrected chi connectivity index (χ2v) is 5.63. The van der Waals surface area contributed by atoms with Crippen molar-refractivity contribution in [2.45, 2.75) is 45.1 Å². The third kappa shape index (κ3) is 3.00. The zero-order valence-electron chi connectivity index (χ0n) is 12.0. The number of piperidine rings is 1. The SMILES string of the molecule is CC(C)c1ccc(C(=O)N2CCCC[C@H]2C(=O)O)cc1. The summed E-state index contributed by atoms with van der Waals surface area (Å²) < 4.78 is 0. The number of aliphatic carboxylic acids is 1. The molecule has 0 aliphatic carbocycles. The predicted molar refractivity (Wildman–Crippen MR) is 76.8 cm³/mol. The zero-order valence-corrected chi connectivity index (χ0v) is 12.0. The molecule has 1 aromatic carbocycles. The summed E-state index contributed by atoms with van der Waals surface area (Å²) in [6, 6.07) is 6.80. The van der Waals surface area contributed by atoms with Crippen LogP contribution in [0.3, 0.4) is 0 Å². The highest BCUT2D eigenvalue weighted by molar-refractivity contribution is 5.96. The van der Waals surface area contributed by atoms with Crippen LogP contribution >= 0.6 is 0 Å². The quantitative estimate of drug-likeness (QED) is 0.922. The first-order valence-corrected chi connectivity index (χ1v) is 7.14. The van der Waals surface area contributed by atoms with Crippen LogP contribution in [-0.4, -0.2) is 34.5 Å². The Labute approximate surface area is 119 Å². The van der Waals surface area contributed by atoms with Crippen molar-refractivity contribution in [2.75, 3.05) is 6.54 Å². The molecule has 2 rings (SSSR count). The summed E-state index contributed by atoms with van der Waals surface area (Å²) >= 11 is 0. The van der Waals surface area contributed by atoms with Gasteiger partial charge in [-0.05, 0) is 42.9 Å². The Hall–Kier alpha value is -1.84. The van der Waals surface area contributed by atoms with E-state index in [1.807, 2.05) is 12.1 Å². The summed E-state index contributed by atoms with van der Waals surface area (Å²) in [7, 11) is 0. The van der Waals surface area contributed by atoms with Crippen molar-refractivity contribution in [2.24, 2.45) is 0 Å². The van der Waals surface area contributed by atoms with Gasteiger partial charge in [0.25, 0.3) is 5.91 Å². The lowest BCUT2D eigenvalue weighted by molar-refractivity contribution is -0.143. The normalized spacial score (nSPS) is 19.1. The average molecular weight is 275 g/mol. The maximum Gasteiger partial charge on any atom is 0.326 e. The zero-order chi connectivity index (χ0) is 14.7. The molecule has 0 unspecified atom stereocenters. The van der Waals surface area contributed by atoms with Crippen LogP contribution in [0.15, 0.2) is 24.3 Å². The number of likely N-dealkylation sites (tertiary alicyclic amines) is 1. The van der Waals surface area contributed by atoms with Crippen LogP contribution in [0.1, 0.15) is 54.9 Å². The molecule has 4 nitrogen and oxygen atoms in total. The van der Waals surface area contributed by atoms with Crippen LogP contribution in [-0.2, 0) is 4.79 Å². The summed E-state index contributed by atoms with van der Waals surface area (Å²) in [5.74, 6) is -0.662. The van der Waals surface area contributed by atoms with E-state index < -0.39 is 12.0 Å². The molecule has 1 aliphatic heterocycles. The molecule has 108 valence electrons. The minimum Gasteiger partial charge on any atom is -0.480 e. The van der Waals surface area contributed by atoms with E-state index in [-0.39, 0.29) is 5.91 Å². The molecule has 0 spiro atoms. The molecule has 1 amide bonds. The van der Waals surface area contributed by atoms with Gasteiger partial charge >= 0.3 is 5.97 Å². The largest absolute Gasteiger partial charge is 0.480 e. The fourth-order valence-electron chi connectivity index (χ4n) is 2.61. The highest BCUT2D eigenvalue weighted by Crippen LogP contribution is 2.21. The number of hydrogen-bond donors (Lipinski definition) is 1. The van der Waals surface area contributed by atoms with Crippen molar-refractivity contribution in [3.8, 4) is 0 Å². The first kappa shape index (κ1) is 14.6. The second-order valence-electron chi connectivity index (χ2n) is 5.63. The molecule has 1 heterocycles. The molecule has 1 fully saturated rings. The molecule has 0 radical (unpaired) electrons. The second kappa shape index (κ2) is 6.07. The molecule has 1 atom stereocenters. The molecule has 1 N–H and O–H groups in total. The Morgan fingerprint density at radius 1 is 1.20 bits per heavy atom. The molecule has 0 aromatic heterocycles. The van der Waals surface area contributed by atoms with Gasteiger partial charge in [0.2, 0.25) is 0 Å². The maximum atomic E-state index is 12.5. The standard InChI is InChI=1S/C16H21NO3/c1-11(2)12-6-8-13(9-7-12)15(18)17-10-4-3-5-14(17)16(19)20/h6-9,11,14H,3-5,10H2,1-2H3,(H,19,20)/t14-/m0/s1. The van der Waals surface area contributed by atoms with Gasteiger partial charge in [-0.2, -0.15) is 0 Å². The minimum absolute atomic E-state index is 0.174. The van der Waals surface area contributed by atoms with E-state index >= 15 is 0 Å². The van der Waals surface area contributed by atoms with Crippen LogP contribution in [0, 0.1) is 0 Å². The van der Waals surface area contributed by atoms with Gasteiger partial charge in [-0.25, -0.2) is 4.79 Å². The Bertz CT molecular complexity index is 493. The number of carbonyl (C=O) groups is 2. The third-order valence-electron chi connectivity index (χ3n) is 3.87. The Morgan fingerprint density at radius 2 is 1.85 bits per heavy atom. The van der Waals surface area contributed by atoms with Gasteiger partial charge in [0, 0.05) is 12.1 Å². The van der Waals surface area contributed by atoms with E-state index in [1.54, 1.807) is 12.1 Å². The Balaban J connectivity index is 2.18. The van der Waals surface area contributed by atoms with E-state index in [1.165, 1.54) is 10.5 Å². The van der Waals surface area contributed by atoms with Gasteiger partial charge in [0.1, 0.15) is 6.04 Å². The van der Waals surface area contributed by atoms with E-state index in [0.29, 0.717) is 24.4 Å². The number of carboxylic acid groups (broad SMARTS) is 1. The number of carbonyl (C=O) groups excluding carboxylic acids is 1. The van der Waals surface area contributed by atoms with Gasteiger partial charge in [-0.1, -0.05) is 26.0 Å². The van der Waals surface area contributed by atoms with Crippen molar-refractivity contribution in [1.29, 1.82) is 0 Å². The monoisotopic (exact) mass is 275 g/mol. The number of rotatable bonds is 3. The number of hydrogen-bond acceptors (Lipinski definition) is 2. The summed E-state index contributed by atoms with van der Waals surface area (Å²) in [5, 5.41) is 9.23. The van der Waals surface area contributed by atoms with Gasteiger partial charge in [0.05, 0.1) is 0 Å². The van der Waals surface area contributed by atoms with Gasteiger partial charge in [0.15, 0.2) is 0 Å². The molecular formula is C16H21NO3. The number of nitrogens with zero attached hydrogens (tertiary/aromatic N) is 1. The van der Waals surface area contributed by atoms with Crippen LogP contribution < -0.4 is 0 Å². The maximum absolute atomic E-state index is 12.5. The van der Waals surface area contributed by atoms with E-state index in [4.69, 9.17) is 0 Å². The fourth-order valence-corrected chi connectivity index (χ4v) is 2.61. The smallest absolute Gasteiger partial charge is 0.326 e. The summed E-state index contributed by atoms with van der Waals surface area (Å²) in [6.45, 7) is 4.73. The van der Waals surface area contributed by atoms with Crippen molar-refractivity contribution in [3.63, 3.8) is 0 Å². The Morgan fingerprint density at radius 3 is 2.40 bits per heavy atom. The number of carboxylic acids is 1. The molecule has 0 saturated carbocycles. The minimum atomic E-state index is -0.906. The Kier molecular flexibility index (Phi) is 4.42. The van der Waals surface area contributed by atoms with Crippen molar-refractivity contribution in [3.05, 3.63) is 35.4 Å². The van der Waals surface area contributed by atoms with Gasteiger partial charge in [-0.3, -0.25) is 4.79 Å². The summed E-state index contributed by atoms with van der Waals surface area (Å²) in [6.07, 6.45) is 2.29. The number of amides is 1. The summed E-state index contributed by atoms with van der Waals surface area (Å²) in [4.78, 5) is 25.2. The van der Waals surface area contributed by atoms with E-state index in [2.05, 4.69) is 13.8 Å². The van der Waals surface area contributed by atoms with Crippen molar-refractivity contribution >= 4 is 11.9 Å². The molecule has 1 saturated heterocycles. The lowest BCUT2D eigenvalue weighted by Gasteiger charge is -2.33. The highest BCUT2D eigenvalue weighted by Gasteiger charge is 2.32. The van der Waals surface area contributed by atoms with Crippen LogP contribution in [0.5, 0.6) is 0 Å². The van der Waals surface area contributed by atoms with Crippen molar-refractivity contribution in [1.82, 2.24) is 4.90 Å². The fraction of sp³-hybridized carbons (Fsp3) is 0.500. The molecule has 1 aliphatic rings. The van der Waals surface area contributed by atoms with Gasteiger partial charge in [-0.15, -0.1) is 0 Å². The molecule has 0 bridgehead atoms. The summed E-state index contributed by atoms with van der Waals surface area (Å²) in [5.41, 5.74) is 1.75. The third-order valence-corrected chi connectivity index (χ3v) is 3.87. The van der Waals surface area contributed by atoms with Crippen LogP contribution in [0.2, 0.25) is 0 Å².